The van der Waals surface area contributed by atoms with Crippen LogP contribution in [0.3, 0.4) is 0 Å². The highest BCUT2D eigenvalue weighted by Gasteiger charge is 2.34. The second kappa shape index (κ2) is 6.49. The molecule has 2 atom stereocenters. The summed E-state index contributed by atoms with van der Waals surface area (Å²) in [5.41, 5.74) is 10.9. The Hall–Kier alpha value is 0.0169. The molecule has 0 saturated heterocycles. The standard InChI is InChI=1S/C8H22N2O3Si/c1-12-14(3,13-2)6-7(4-5-9)8(10)11/h7-8,11H,4-6,9-10H2,1-3H3. The molecular weight excluding hydrogens is 200 g/mol. The Kier molecular flexibility index (Phi) is 6.50. The van der Waals surface area contributed by atoms with Gasteiger partial charge in [0, 0.05) is 20.1 Å². The van der Waals surface area contributed by atoms with Crippen molar-refractivity contribution >= 4 is 8.56 Å². The van der Waals surface area contributed by atoms with Crippen molar-refractivity contribution in [2.75, 3.05) is 20.8 Å². The minimum atomic E-state index is -2.16. The summed E-state index contributed by atoms with van der Waals surface area (Å²) in [6.07, 6.45) is -0.164. The Morgan fingerprint density at radius 1 is 1.36 bits per heavy atom. The fourth-order valence-corrected chi connectivity index (χ4v) is 3.23. The Labute approximate surface area is 86.6 Å². The normalized spacial score (nSPS) is 16.7. The van der Waals surface area contributed by atoms with Crippen molar-refractivity contribution in [3.63, 3.8) is 0 Å². The molecule has 5 nitrogen and oxygen atoms in total. The van der Waals surface area contributed by atoms with Crippen LogP contribution in [0.4, 0.5) is 0 Å². The van der Waals surface area contributed by atoms with E-state index in [9.17, 15) is 5.11 Å². The highest BCUT2D eigenvalue weighted by molar-refractivity contribution is 6.66. The van der Waals surface area contributed by atoms with E-state index in [4.69, 9.17) is 20.3 Å². The van der Waals surface area contributed by atoms with Crippen molar-refractivity contribution in [2.45, 2.75) is 25.2 Å². The number of hydrogen-bond donors (Lipinski definition) is 3. The van der Waals surface area contributed by atoms with Crippen molar-refractivity contribution in [1.29, 1.82) is 0 Å². The molecule has 0 aromatic carbocycles. The first-order chi connectivity index (χ1) is 6.49. The van der Waals surface area contributed by atoms with Crippen LogP contribution in [-0.2, 0) is 8.85 Å². The van der Waals surface area contributed by atoms with E-state index >= 15 is 0 Å². The maximum absolute atomic E-state index is 9.33. The fraction of sp³-hybridized carbons (Fsp3) is 1.00. The van der Waals surface area contributed by atoms with Gasteiger partial charge in [-0.2, -0.15) is 0 Å². The summed E-state index contributed by atoms with van der Waals surface area (Å²) in [5, 5.41) is 9.33. The molecule has 0 fully saturated rings. The lowest BCUT2D eigenvalue weighted by Crippen LogP contribution is -2.43. The molecule has 0 radical (unpaired) electrons. The molecule has 6 heteroatoms. The molecular formula is C8H22N2O3Si. The van der Waals surface area contributed by atoms with Crippen LogP contribution in [-0.4, -0.2) is 40.7 Å². The molecule has 0 aromatic rings. The van der Waals surface area contributed by atoms with Crippen LogP contribution >= 0.6 is 0 Å². The SMILES string of the molecule is CO[Si](C)(CC(CCN)C(N)O)OC. The Morgan fingerprint density at radius 3 is 2.14 bits per heavy atom. The smallest absolute Gasteiger partial charge is 0.334 e. The monoisotopic (exact) mass is 222 g/mol. The molecule has 14 heavy (non-hydrogen) atoms. The van der Waals surface area contributed by atoms with E-state index < -0.39 is 14.8 Å². The second-order valence-corrected chi connectivity index (χ2v) is 7.07. The van der Waals surface area contributed by atoms with Gasteiger partial charge in [-0.1, -0.05) is 0 Å². The van der Waals surface area contributed by atoms with Gasteiger partial charge in [-0.25, -0.2) is 0 Å². The summed E-state index contributed by atoms with van der Waals surface area (Å²) in [6.45, 7) is 2.45. The van der Waals surface area contributed by atoms with Gasteiger partial charge in [0.15, 0.2) is 0 Å². The van der Waals surface area contributed by atoms with E-state index in [1.54, 1.807) is 14.2 Å². The number of nitrogens with two attached hydrogens (primary N) is 2. The van der Waals surface area contributed by atoms with Crippen LogP contribution in [0.25, 0.3) is 0 Å². The summed E-state index contributed by atoms with van der Waals surface area (Å²) < 4.78 is 10.6. The molecule has 2 unspecified atom stereocenters. The van der Waals surface area contributed by atoms with E-state index in [0.717, 1.165) is 0 Å². The van der Waals surface area contributed by atoms with Crippen LogP contribution in [0, 0.1) is 5.92 Å². The van der Waals surface area contributed by atoms with Crippen LogP contribution in [0.2, 0.25) is 12.6 Å². The Bertz CT molecular complexity index is 154. The quantitative estimate of drug-likeness (QED) is 0.402. The van der Waals surface area contributed by atoms with E-state index in [-0.39, 0.29) is 5.92 Å². The summed E-state index contributed by atoms with van der Waals surface area (Å²) in [6, 6.07) is 0.662. The average molecular weight is 222 g/mol. The predicted molar refractivity (Wildman–Crippen MR) is 57.8 cm³/mol. The maximum Gasteiger partial charge on any atom is 0.334 e. The minimum Gasteiger partial charge on any atom is -0.398 e. The number of hydrogen-bond acceptors (Lipinski definition) is 5. The summed E-state index contributed by atoms with van der Waals surface area (Å²) in [7, 11) is 1.09. The van der Waals surface area contributed by atoms with Gasteiger partial charge in [-0.05, 0) is 25.6 Å². The molecule has 0 aliphatic rings. The van der Waals surface area contributed by atoms with Gasteiger partial charge in [-0.15, -0.1) is 0 Å². The predicted octanol–water partition coefficient (Wildman–Crippen LogP) is -0.407. The molecule has 0 heterocycles. The molecule has 0 saturated carbocycles. The number of rotatable bonds is 7. The van der Waals surface area contributed by atoms with E-state index in [1.165, 1.54) is 0 Å². The lowest BCUT2D eigenvalue weighted by atomic mass is 10.1. The summed E-state index contributed by atoms with van der Waals surface area (Å²) >= 11 is 0. The van der Waals surface area contributed by atoms with Crippen LogP contribution in [0.15, 0.2) is 0 Å². The van der Waals surface area contributed by atoms with Gasteiger partial charge in [0.2, 0.25) is 0 Å². The highest BCUT2D eigenvalue weighted by Crippen LogP contribution is 2.22. The zero-order chi connectivity index (χ0) is 11.2. The molecule has 0 aromatic heterocycles. The largest absolute Gasteiger partial charge is 0.398 e. The van der Waals surface area contributed by atoms with E-state index in [0.29, 0.717) is 19.0 Å². The van der Waals surface area contributed by atoms with Crippen molar-refractivity contribution in [3.8, 4) is 0 Å². The third-order valence-electron chi connectivity index (χ3n) is 2.52. The second-order valence-electron chi connectivity index (χ2n) is 3.57. The highest BCUT2D eigenvalue weighted by atomic mass is 28.4. The van der Waals surface area contributed by atoms with Crippen LogP contribution < -0.4 is 11.5 Å². The molecule has 0 rings (SSSR count). The van der Waals surface area contributed by atoms with Gasteiger partial charge < -0.3 is 25.4 Å². The van der Waals surface area contributed by atoms with E-state index in [1.807, 2.05) is 6.55 Å². The average Bonchev–Trinajstić information content (AvgIpc) is 2.17. The minimum absolute atomic E-state index is 0.0448. The van der Waals surface area contributed by atoms with Gasteiger partial charge in [0.1, 0.15) is 6.23 Å². The maximum atomic E-state index is 9.33. The van der Waals surface area contributed by atoms with Crippen molar-refractivity contribution in [3.05, 3.63) is 0 Å². The zero-order valence-electron chi connectivity index (χ0n) is 9.19. The lowest BCUT2D eigenvalue weighted by Gasteiger charge is -2.28. The topological polar surface area (TPSA) is 90.7 Å². The van der Waals surface area contributed by atoms with Crippen molar-refractivity contribution < 1.29 is 14.0 Å². The van der Waals surface area contributed by atoms with Gasteiger partial charge in [-0.3, -0.25) is 0 Å². The molecule has 0 aliphatic carbocycles. The molecule has 5 N–H and O–H groups in total. The van der Waals surface area contributed by atoms with Gasteiger partial charge in [0.05, 0.1) is 0 Å². The first-order valence-corrected chi connectivity index (χ1v) is 7.25. The number of aliphatic hydroxyl groups is 1. The van der Waals surface area contributed by atoms with Gasteiger partial charge >= 0.3 is 8.56 Å². The molecule has 0 aliphatic heterocycles. The molecule has 0 spiro atoms. The zero-order valence-corrected chi connectivity index (χ0v) is 10.2. The summed E-state index contributed by atoms with van der Waals surface area (Å²) in [5.74, 6) is -0.0448. The lowest BCUT2D eigenvalue weighted by molar-refractivity contribution is 0.110. The van der Waals surface area contributed by atoms with Crippen LogP contribution in [0.1, 0.15) is 6.42 Å². The summed E-state index contributed by atoms with van der Waals surface area (Å²) in [4.78, 5) is 0. The molecule has 0 bridgehead atoms. The molecule has 0 amide bonds. The first kappa shape index (κ1) is 14.0. The number of aliphatic hydroxyl groups excluding tert-OH is 1. The third-order valence-corrected chi connectivity index (χ3v) is 5.51. The van der Waals surface area contributed by atoms with Gasteiger partial charge in [0.25, 0.3) is 0 Å². The van der Waals surface area contributed by atoms with Crippen molar-refractivity contribution in [2.24, 2.45) is 17.4 Å². The molecule has 86 valence electrons. The fourth-order valence-electron chi connectivity index (χ4n) is 1.33. The Morgan fingerprint density at radius 2 is 1.86 bits per heavy atom. The third kappa shape index (κ3) is 4.49. The Balaban J connectivity index is 4.25. The van der Waals surface area contributed by atoms with Crippen LogP contribution in [0.5, 0.6) is 0 Å². The first-order valence-electron chi connectivity index (χ1n) is 4.73. The van der Waals surface area contributed by atoms with Crippen molar-refractivity contribution in [1.82, 2.24) is 0 Å². The van der Waals surface area contributed by atoms with E-state index in [2.05, 4.69) is 0 Å².